The van der Waals surface area contributed by atoms with E-state index in [2.05, 4.69) is 9.47 Å². The minimum atomic E-state index is -0.759. The fraction of sp³-hybridized carbons (Fsp3) is 0.714. The highest BCUT2D eigenvalue weighted by Gasteiger charge is 2.16. The molecule has 0 aromatic heterocycles. The van der Waals surface area contributed by atoms with Gasteiger partial charge in [-0.2, -0.15) is 0 Å². The Morgan fingerprint density at radius 3 is 2.27 bits per heavy atom. The second kappa shape index (κ2) is 4.71. The Morgan fingerprint density at radius 1 is 1.45 bits per heavy atom. The molecule has 0 amide bonds. The molecule has 0 aliphatic heterocycles. The quantitative estimate of drug-likeness (QED) is 0.345. The Balaban J connectivity index is 3.88. The SMILES string of the molecule is CC(=O)OC(OC=O)C(C)C. The zero-order valence-corrected chi connectivity index (χ0v) is 6.87. The Hall–Kier alpha value is -1.06. The maximum absolute atomic E-state index is 10.4. The molecule has 4 heteroatoms. The summed E-state index contributed by atoms with van der Waals surface area (Å²) in [7, 11) is 0. The summed E-state index contributed by atoms with van der Waals surface area (Å²) >= 11 is 0. The standard InChI is InChI=1S/C7H12O4/c1-5(2)7(10-4-8)11-6(3)9/h4-5,7H,1-3H3. The molecule has 0 spiro atoms. The Bertz CT molecular complexity index is 141. The molecule has 0 aliphatic rings. The van der Waals surface area contributed by atoms with Crippen molar-refractivity contribution in [2.24, 2.45) is 5.92 Å². The van der Waals surface area contributed by atoms with Gasteiger partial charge in [0.2, 0.25) is 6.29 Å². The first kappa shape index (κ1) is 9.94. The molecular formula is C7H12O4. The molecule has 4 nitrogen and oxygen atoms in total. The maximum Gasteiger partial charge on any atom is 0.305 e. The number of carbonyl (C=O) groups excluding carboxylic acids is 2. The van der Waals surface area contributed by atoms with Crippen molar-refractivity contribution in [2.45, 2.75) is 27.1 Å². The summed E-state index contributed by atoms with van der Waals surface area (Å²) < 4.78 is 9.15. The van der Waals surface area contributed by atoms with Crippen LogP contribution < -0.4 is 0 Å². The molecule has 11 heavy (non-hydrogen) atoms. The summed E-state index contributed by atoms with van der Waals surface area (Å²) in [6, 6.07) is 0. The molecule has 0 bridgehead atoms. The van der Waals surface area contributed by atoms with E-state index >= 15 is 0 Å². The highest BCUT2D eigenvalue weighted by atomic mass is 16.7. The molecule has 1 unspecified atom stereocenters. The van der Waals surface area contributed by atoms with Gasteiger partial charge in [-0.1, -0.05) is 13.8 Å². The van der Waals surface area contributed by atoms with E-state index in [0.717, 1.165) is 0 Å². The normalized spacial score (nSPS) is 12.4. The van der Waals surface area contributed by atoms with E-state index in [1.54, 1.807) is 13.8 Å². The number of rotatable bonds is 4. The van der Waals surface area contributed by atoms with E-state index in [9.17, 15) is 9.59 Å². The van der Waals surface area contributed by atoms with Crippen LogP contribution in [-0.4, -0.2) is 18.7 Å². The van der Waals surface area contributed by atoms with Gasteiger partial charge in [0.05, 0.1) is 0 Å². The predicted octanol–water partition coefficient (Wildman–Crippen LogP) is 0.705. The summed E-state index contributed by atoms with van der Waals surface area (Å²) in [4.78, 5) is 20.3. The second-order valence-electron chi connectivity index (χ2n) is 2.45. The van der Waals surface area contributed by atoms with Crippen molar-refractivity contribution in [1.82, 2.24) is 0 Å². The first-order valence-electron chi connectivity index (χ1n) is 3.34. The number of hydrogen-bond acceptors (Lipinski definition) is 4. The number of ether oxygens (including phenoxy) is 2. The lowest BCUT2D eigenvalue weighted by atomic mass is 10.2. The first-order valence-corrected chi connectivity index (χ1v) is 3.34. The van der Waals surface area contributed by atoms with Crippen LogP contribution in [0.4, 0.5) is 0 Å². The van der Waals surface area contributed by atoms with Crippen molar-refractivity contribution in [1.29, 1.82) is 0 Å². The highest BCUT2D eigenvalue weighted by molar-refractivity contribution is 5.66. The molecule has 0 radical (unpaired) electrons. The maximum atomic E-state index is 10.4. The molecule has 0 rings (SSSR count). The smallest absolute Gasteiger partial charge is 0.305 e. The van der Waals surface area contributed by atoms with Crippen LogP contribution in [0.5, 0.6) is 0 Å². The van der Waals surface area contributed by atoms with Crippen LogP contribution in [0.25, 0.3) is 0 Å². The first-order chi connectivity index (χ1) is 5.07. The van der Waals surface area contributed by atoms with Crippen molar-refractivity contribution in [3.63, 3.8) is 0 Å². The fourth-order valence-corrected chi connectivity index (χ4v) is 0.539. The van der Waals surface area contributed by atoms with E-state index in [0.29, 0.717) is 0 Å². The van der Waals surface area contributed by atoms with Gasteiger partial charge in [0.25, 0.3) is 6.47 Å². The van der Waals surface area contributed by atoms with Crippen LogP contribution >= 0.6 is 0 Å². The topological polar surface area (TPSA) is 52.6 Å². The summed E-state index contributed by atoms with van der Waals surface area (Å²) in [5, 5.41) is 0. The van der Waals surface area contributed by atoms with Gasteiger partial charge in [-0.15, -0.1) is 0 Å². The fourth-order valence-electron chi connectivity index (χ4n) is 0.539. The predicted molar refractivity (Wildman–Crippen MR) is 37.5 cm³/mol. The molecule has 0 heterocycles. The van der Waals surface area contributed by atoms with E-state index in [-0.39, 0.29) is 12.4 Å². The van der Waals surface area contributed by atoms with Crippen LogP contribution in [0.15, 0.2) is 0 Å². The molecule has 1 atom stereocenters. The second-order valence-corrected chi connectivity index (χ2v) is 2.45. The van der Waals surface area contributed by atoms with Crippen LogP contribution in [0.1, 0.15) is 20.8 Å². The van der Waals surface area contributed by atoms with Gasteiger partial charge in [0.1, 0.15) is 0 Å². The van der Waals surface area contributed by atoms with Crippen molar-refractivity contribution in [2.75, 3.05) is 0 Å². The van der Waals surface area contributed by atoms with Gasteiger partial charge in [-0.05, 0) is 0 Å². The lowest BCUT2D eigenvalue weighted by Crippen LogP contribution is -2.25. The Kier molecular flexibility index (Phi) is 4.26. The third-order valence-corrected chi connectivity index (χ3v) is 1.02. The van der Waals surface area contributed by atoms with Crippen LogP contribution in [0.2, 0.25) is 0 Å². The molecule has 0 aliphatic carbocycles. The van der Waals surface area contributed by atoms with Crippen LogP contribution in [0, 0.1) is 5.92 Å². The molecule has 64 valence electrons. The number of carbonyl (C=O) groups is 2. The molecular weight excluding hydrogens is 148 g/mol. The molecule has 0 N–H and O–H groups in total. The third-order valence-electron chi connectivity index (χ3n) is 1.02. The monoisotopic (exact) mass is 160 g/mol. The van der Waals surface area contributed by atoms with Crippen LogP contribution in [0.3, 0.4) is 0 Å². The van der Waals surface area contributed by atoms with Crippen molar-refractivity contribution in [3.05, 3.63) is 0 Å². The summed E-state index contributed by atoms with van der Waals surface area (Å²) in [6.07, 6.45) is -0.759. The molecule has 0 saturated heterocycles. The van der Waals surface area contributed by atoms with Crippen molar-refractivity contribution >= 4 is 12.4 Å². The zero-order valence-electron chi connectivity index (χ0n) is 6.87. The number of hydrogen-bond donors (Lipinski definition) is 0. The van der Waals surface area contributed by atoms with Gasteiger partial charge in [-0.3, -0.25) is 9.59 Å². The van der Waals surface area contributed by atoms with E-state index in [1.807, 2.05) is 0 Å². The van der Waals surface area contributed by atoms with E-state index in [1.165, 1.54) is 6.92 Å². The van der Waals surface area contributed by atoms with Crippen LogP contribution in [-0.2, 0) is 19.1 Å². The van der Waals surface area contributed by atoms with E-state index < -0.39 is 12.3 Å². The lowest BCUT2D eigenvalue weighted by molar-refractivity contribution is -0.185. The Morgan fingerprint density at radius 2 is 2.00 bits per heavy atom. The largest absolute Gasteiger partial charge is 0.427 e. The average Bonchev–Trinajstić information content (AvgIpc) is 1.86. The minimum Gasteiger partial charge on any atom is -0.427 e. The molecule has 0 saturated carbocycles. The molecule has 0 aromatic carbocycles. The van der Waals surface area contributed by atoms with Gasteiger partial charge < -0.3 is 9.47 Å². The zero-order chi connectivity index (χ0) is 8.85. The summed E-state index contributed by atoms with van der Waals surface area (Å²) in [5.41, 5.74) is 0. The van der Waals surface area contributed by atoms with Gasteiger partial charge in [0.15, 0.2) is 0 Å². The van der Waals surface area contributed by atoms with E-state index in [4.69, 9.17) is 0 Å². The molecule has 0 aromatic rings. The van der Waals surface area contributed by atoms with Gasteiger partial charge >= 0.3 is 5.97 Å². The number of esters is 1. The average molecular weight is 160 g/mol. The summed E-state index contributed by atoms with van der Waals surface area (Å²) in [5.74, 6) is -0.477. The summed E-state index contributed by atoms with van der Waals surface area (Å²) in [6.45, 7) is 5.12. The minimum absolute atomic E-state index is 0.0240. The van der Waals surface area contributed by atoms with Crippen molar-refractivity contribution in [3.8, 4) is 0 Å². The highest BCUT2D eigenvalue weighted by Crippen LogP contribution is 2.06. The lowest BCUT2D eigenvalue weighted by Gasteiger charge is -2.17. The Labute approximate surface area is 65.5 Å². The third kappa shape index (κ3) is 4.36. The molecule has 0 fully saturated rings. The van der Waals surface area contributed by atoms with Gasteiger partial charge in [-0.25, -0.2) is 0 Å². The van der Waals surface area contributed by atoms with Crippen molar-refractivity contribution < 1.29 is 19.1 Å². The van der Waals surface area contributed by atoms with Gasteiger partial charge in [0, 0.05) is 12.8 Å².